The molecule has 0 spiro atoms. The fraction of sp³-hybridized carbons (Fsp3) is 0.200. The topological polar surface area (TPSA) is 58.9 Å². The second kappa shape index (κ2) is 6.85. The minimum absolute atomic E-state index is 0.270. The summed E-state index contributed by atoms with van der Waals surface area (Å²) in [6, 6.07) is 10.7. The Morgan fingerprint density at radius 3 is 2.43 bits per heavy atom. The van der Waals surface area contributed by atoms with E-state index in [1.165, 1.54) is 7.11 Å². The quantitative estimate of drug-likeness (QED) is 0.829. The number of aryl methyl sites for hydroxylation is 1. The first-order chi connectivity index (χ1) is 10.0. The number of halogens is 1. The summed E-state index contributed by atoms with van der Waals surface area (Å²) in [5.74, 6) is 1.01. The van der Waals surface area contributed by atoms with Gasteiger partial charge in [0.15, 0.2) is 0 Å². The van der Waals surface area contributed by atoms with Crippen LogP contribution in [0.25, 0.3) is 0 Å². The molecule has 0 saturated carbocycles. The van der Waals surface area contributed by atoms with Crippen molar-refractivity contribution in [3.05, 3.63) is 52.5 Å². The molecule has 0 aliphatic carbocycles. The van der Waals surface area contributed by atoms with Gasteiger partial charge in [-0.3, -0.25) is 0 Å². The van der Waals surface area contributed by atoms with Crippen LogP contribution in [0.4, 0.5) is 0 Å². The standard InChI is InChI=1S/C15H16BClO4/c1-10-3-5-15(13(17)7-10)21-9-11-4-6-14(20-2)12(8-11)16(18)19/h3-8,18-19H,9H2,1-2H3. The van der Waals surface area contributed by atoms with Gasteiger partial charge in [0.25, 0.3) is 0 Å². The fourth-order valence-electron chi connectivity index (χ4n) is 1.96. The molecule has 0 aliphatic rings. The van der Waals surface area contributed by atoms with Gasteiger partial charge in [0.1, 0.15) is 18.1 Å². The molecule has 21 heavy (non-hydrogen) atoms. The molecule has 0 radical (unpaired) electrons. The Hall–Kier alpha value is -1.69. The second-order valence-corrected chi connectivity index (χ2v) is 5.08. The van der Waals surface area contributed by atoms with E-state index in [0.29, 0.717) is 22.0 Å². The predicted molar refractivity (Wildman–Crippen MR) is 83.3 cm³/mol. The van der Waals surface area contributed by atoms with E-state index in [-0.39, 0.29) is 6.61 Å². The summed E-state index contributed by atoms with van der Waals surface area (Å²) in [6.45, 7) is 2.22. The molecule has 0 fully saturated rings. The molecule has 2 N–H and O–H groups in total. The minimum Gasteiger partial charge on any atom is -0.497 e. The van der Waals surface area contributed by atoms with Crippen molar-refractivity contribution in [2.24, 2.45) is 0 Å². The highest BCUT2D eigenvalue weighted by molar-refractivity contribution is 6.59. The van der Waals surface area contributed by atoms with Crippen molar-refractivity contribution in [2.45, 2.75) is 13.5 Å². The average molecular weight is 307 g/mol. The highest BCUT2D eigenvalue weighted by atomic mass is 35.5. The van der Waals surface area contributed by atoms with Gasteiger partial charge in [0.2, 0.25) is 0 Å². The van der Waals surface area contributed by atoms with E-state index in [1.54, 1.807) is 18.2 Å². The zero-order valence-corrected chi connectivity index (χ0v) is 12.6. The smallest absolute Gasteiger partial charge is 0.492 e. The molecule has 0 aliphatic heterocycles. The van der Waals surface area contributed by atoms with Gasteiger partial charge < -0.3 is 19.5 Å². The maximum Gasteiger partial charge on any atom is 0.492 e. The molecule has 0 saturated heterocycles. The molecule has 0 amide bonds. The van der Waals surface area contributed by atoms with Crippen molar-refractivity contribution in [3.63, 3.8) is 0 Å². The number of rotatable bonds is 5. The zero-order chi connectivity index (χ0) is 15.4. The normalized spacial score (nSPS) is 10.3. The third-order valence-corrected chi connectivity index (χ3v) is 3.35. The molecule has 110 valence electrons. The summed E-state index contributed by atoms with van der Waals surface area (Å²) in [5.41, 5.74) is 2.15. The van der Waals surface area contributed by atoms with E-state index >= 15 is 0 Å². The first-order valence-electron chi connectivity index (χ1n) is 6.43. The maximum absolute atomic E-state index is 9.33. The van der Waals surface area contributed by atoms with Crippen molar-refractivity contribution < 1.29 is 19.5 Å². The summed E-state index contributed by atoms with van der Waals surface area (Å²) < 4.78 is 10.7. The third-order valence-electron chi connectivity index (χ3n) is 3.05. The van der Waals surface area contributed by atoms with Crippen molar-refractivity contribution >= 4 is 24.2 Å². The molecule has 4 nitrogen and oxygen atoms in total. The highest BCUT2D eigenvalue weighted by Gasteiger charge is 2.17. The number of methoxy groups -OCH3 is 1. The van der Waals surface area contributed by atoms with E-state index in [4.69, 9.17) is 21.1 Å². The Balaban J connectivity index is 2.14. The molecule has 2 aromatic carbocycles. The predicted octanol–water partition coefficient (Wildman–Crippen LogP) is 1.92. The molecular weight excluding hydrogens is 290 g/mol. The number of benzene rings is 2. The van der Waals surface area contributed by atoms with Crippen LogP contribution in [0.1, 0.15) is 11.1 Å². The van der Waals surface area contributed by atoms with Crippen LogP contribution in [0.5, 0.6) is 11.5 Å². The van der Waals surface area contributed by atoms with Gasteiger partial charge in [-0.2, -0.15) is 0 Å². The number of ether oxygens (including phenoxy) is 2. The van der Waals surface area contributed by atoms with Gasteiger partial charge in [-0.05, 0) is 36.2 Å². The van der Waals surface area contributed by atoms with Crippen molar-refractivity contribution in [2.75, 3.05) is 7.11 Å². The first kappa shape index (κ1) is 15.7. The van der Waals surface area contributed by atoms with Crippen molar-refractivity contribution in [1.29, 1.82) is 0 Å². The largest absolute Gasteiger partial charge is 0.497 e. The Morgan fingerprint density at radius 1 is 1.10 bits per heavy atom. The van der Waals surface area contributed by atoms with E-state index < -0.39 is 7.12 Å². The Morgan fingerprint density at radius 2 is 1.81 bits per heavy atom. The molecule has 2 rings (SSSR count). The first-order valence-corrected chi connectivity index (χ1v) is 6.81. The molecule has 6 heteroatoms. The summed E-state index contributed by atoms with van der Waals surface area (Å²) in [4.78, 5) is 0. The van der Waals surface area contributed by atoms with Gasteiger partial charge in [0.05, 0.1) is 12.1 Å². The van der Waals surface area contributed by atoms with Gasteiger partial charge in [-0.1, -0.05) is 29.8 Å². The van der Waals surface area contributed by atoms with E-state index in [0.717, 1.165) is 11.1 Å². The van der Waals surface area contributed by atoms with Gasteiger partial charge in [-0.25, -0.2) is 0 Å². The summed E-state index contributed by atoms with van der Waals surface area (Å²) in [5, 5.41) is 19.2. The molecular formula is C15H16BClO4. The average Bonchev–Trinajstić information content (AvgIpc) is 2.46. The summed E-state index contributed by atoms with van der Waals surface area (Å²) in [6.07, 6.45) is 0. The van der Waals surface area contributed by atoms with Crippen LogP contribution in [0, 0.1) is 6.92 Å². The van der Waals surface area contributed by atoms with Crippen LogP contribution >= 0.6 is 11.6 Å². The maximum atomic E-state index is 9.33. The lowest BCUT2D eigenvalue weighted by Crippen LogP contribution is -2.31. The monoisotopic (exact) mass is 306 g/mol. The molecule has 2 aromatic rings. The van der Waals surface area contributed by atoms with Crippen LogP contribution in [0.2, 0.25) is 5.02 Å². The molecule has 0 bridgehead atoms. The van der Waals surface area contributed by atoms with Gasteiger partial charge in [-0.15, -0.1) is 0 Å². The number of hydrogen-bond donors (Lipinski definition) is 2. The highest BCUT2D eigenvalue weighted by Crippen LogP contribution is 2.26. The second-order valence-electron chi connectivity index (χ2n) is 4.67. The summed E-state index contributed by atoms with van der Waals surface area (Å²) in [7, 11) is -0.119. The van der Waals surface area contributed by atoms with Crippen LogP contribution in [-0.2, 0) is 6.61 Å². The summed E-state index contributed by atoms with van der Waals surface area (Å²) >= 11 is 6.10. The minimum atomic E-state index is -1.59. The van der Waals surface area contributed by atoms with E-state index in [1.807, 2.05) is 25.1 Å². The lowest BCUT2D eigenvalue weighted by Gasteiger charge is -2.12. The van der Waals surface area contributed by atoms with Crippen LogP contribution in [0.15, 0.2) is 36.4 Å². The van der Waals surface area contributed by atoms with E-state index in [2.05, 4.69) is 0 Å². The zero-order valence-electron chi connectivity index (χ0n) is 11.8. The lowest BCUT2D eigenvalue weighted by molar-refractivity contribution is 0.306. The third kappa shape index (κ3) is 3.91. The molecule has 0 atom stereocenters. The lowest BCUT2D eigenvalue weighted by atomic mass is 9.79. The van der Waals surface area contributed by atoms with Crippen molar-refractivity contribution in [3.8, 4) is 11.5 Å². The SMILES string of the molecule is COc1ccc(COc2ccc(C)cc2Cl)cc1B(O)O. The Labute approximate surface area is 129 Å². The number of hydrogen-bond acceptors (Lipinski definition) is 4. The Kier molecular flexibility index (Phi) is 5.12. The fourth-order valence-corrected chi connectivity index (χ4v) is 2.25. The molecule has 0 aromatic heterocycles. The Bertz CT molecular complexity index is 631. The van der Waals surface area contributed by atoms with Crippen LogP contribution < -0.4 is 14.9 Å². The molecule has 0 heterocycles. The van der Waals surface area contributed by atoms with Crippen LogP contribution in [0.3, 0.4) is 0 Å². The van der Waals surface area contributed by atoms with Crippen LogP contribution in [-0.4, -0.2) is 24.3 Å². The van der Waals surface area contributed by atoms with E-state index in [9.17, 15) is 10.0 Å². The van der Waals surface area contributed by atoms with Gasteiger partial charge >= 0.3 is 7.12 Å². The van der Waals surface area contributed by atoms with Crippen molar-refractivity contribution in [1.82, 2.24) is 0 Å². The van der Waals surface area contributed by atoms with Gasteiger partial charge in [0, 0.05) is 5.46 Å². The molecule has 0 unspecified atom stereocenters.